The van der Waals surface area contributed by atoms with Crippen LogP contribution in [0.1, 0.15) is 36.2 Å². The monoisotopic (exact) mass is 455 g/mol. The molecule has 8 heteroatoms. The highest BCUT2D eigenvalue weighted by atomic mass is 32.1. The highest BCUT2D eigenvalue weighted by Gasteiger charge is 2.34. The molecule has 3 heterocycles. The highest BCUT2D eigenvalue weighted by molar-refractivity contribution is 7.09. The number of thiophene rings is 1. The fourth-order valence-electron chi connectivity index (χ4n) is 4.20. The summed E-state index contributed by atoms with van der Waals surface area (Å²) in [6, 6.07) is 12.8. The molecule has 1 aromatic carbocycles. The standard InChI is InChI=1S/C24H29N3O4S/c1-2-30-23(28)21-20(25-24(29)26-22(21)17-8-4-3-5-9-17)16-27(14-18-10-6-12-31-18)15-19-11-7-13-32-19/h3-5,7-9,11,13,18,22H,2,6,10,12,14-16H2,1H3,(H2,25,26,29). The van der Waals surface area contributed by atoms with E-state index in [1.165, 1.54) is 4.88 Å². The number of carbonyl (C=O) groups excluding carboxylic acids is 2. The molecule has 7 nitrogen and oxygen atoms in total. The van der Waals surface area contributed by atoms with Crippen LogP contribution in [0, 0.1) is 0 Å². The molecular formula is C24H29N3O4S. The molecule has 1 saturated heterocycles. The lowest BCUT2D eigenvalue weighted by Crippen LogP contribution is -2.49. The minimum absolute atomic E-state index is 0.156. The Kier molecular flexibility index (Phi) is 7.57. The third-order valence-electron chi connectivity index (χ3n) is 5.61. The molecular weight excluding hydrogens is 426 g/mol. The van der Waals surface area contributed by atoms with Gasteiger partial charge in [0.25, 0.3) is 0 Å². The van der Waals surface area contributed by atoms with E-state index in [1.807, 2.05) is 36.4 Å². The van der Waals surface area contributed by atoms with Crippen LogP contribution in [-0.2, 0) is 20.8 Å². The molecule has 4 rings (SSSR count). The van der Waals surface area contributed by atoms with Crippen molar-refractivity contribution >= 4 is 23.3 Å². The fraction of sp³-hybridized carbons (Fsp3) is 0.417. The Bertz CT molecular complexity index is 939. The number of esters is 1. The van der Waals surface area contributed by atoms with Crippen molar-refractivity contribution in [3.63, 3.8) is 0 Å². The van der Waals surface area contributed by atoms with E-state index >= 15 is 0 Å². The summed E-state index contributed by atoms with van der Waals surface area (Å²) in [6.45, 7) is 4.70. The van der Waals surface area contributed by atoms with Gasteiger partial charge in [-0.05, 0) is 36.8 Å². The zero-order chi connectivity index (χ0) is 22.3. The summed E-state index contributed by atoms with van der Waals surface area (Å²) in [5.41, 5.74) is 1.86. The van der Waals surface area contributed by atoms with Crippen molar-refractivity contribution in [2.75, 3.05) is 26.3 Å². The summed E-state index contributed by atoms with van der Waals surface area (Å²) in [6.07, 6.45) is 2.24. The number of nitrogens with zero attached hydrogens (tertiary/aromatic N) is 1. The van der Waals surface area contributed by atoms with Crippen molar-refractivity contribution in [3.8, 4) is 0 Å². The summed E-state index contributed by atoms with van der Waals surface area (Å²) < 4.78 is 11.3. The highest BCUT2D eigenvalue weighted by Crippen LogP contribution is 2.29. The summed E-state index contributed by atoms with van der Waals surface area (Å²) in [7, 11) is 0. The number of hydrogen-bond acceptors (Lipinski definition) is 6. The van der Waals surface area contributed by atoms with Crippen LogP contribution in [0.4, 0.5) is 4.79 Å². The number of carbonyl (C=O) groups is 2. The van der Waals surface area contributed by atoms with Gasteiger partial charge in [-0.1, -0.05) is 36.4 Å². The molecule has 2 aliphatic rings. The zero-order valence-electron chi connectivity index (χ0n) is 18.2. The number of urea groups is 1. The van der Waals surface area contributed by atoms with Gasteiger partial charge in [-0.25, -0.2) is 9.59 Å². The van der Waals surface area contributed by atoms with Crippen molar-refractivity contribution in [3.05, 3.63) is 69.6 Å². The maximum atomic E-state index is 13.0. The molecule has 0 spiro atoms. The van der Waals surface area contributed by atoms with Crippen molar-refractivity contribution in [1.82, 2.24) is 15.5 Å². The first-order chi connectivity index (χ1) is 15.6. The topological polar surface area (TPSA) is 79.9 Å². The molecule has 1 fully saturated rings. The smallest absolute Gasteiger partial charge is 0.338 e. The number of rotatable bonds is 9. The van der Waals surface area contributed by atoms with E-state index in [-0.39, 0.29) is 18.7 Å². The average molecular weight is 456 g/mol. The lowest BCUT2D eigenvalue weighted by molar-refractivity contribution is -0.139. The van der Waals surface area contributed by atoms with Crippen molar-refractivity contribution in [2.24, 2.45) is 0 Å². The first kappa shape index (κ1) is 22.5. The van der Waals surface area contributed by atoms with Gasteiger partial charge in [0.05, 0.1) is 24.3 Å². The molecule has 0 aliphatic carbocycles. The van der Waals surface area contributed by atoms with Gasteiger partial charge in [0.1, 0.15) is 0 Å². The Balaban J connectivity index is 1.66. The molecule has 0 bridgehead atoms. The molecule has 2 N–H and O–H groups in total. The van der Waals surface area contributed by atoms with Crippen LogP contribution in [0.2, 0.25) is 0 Å². The van der Waals surface area contributed by atoms with E-state index in [0.29, 0.717) is 17.8 Å². The number of hydrogen-bond donors (Lipinski definition) is 2. The maximum Gasteiger partial charge on any atom is 0.338 e. The van der Waals surface area contributed by atoms with Gasteiger partial charge in [0.15, 0.2) is 0 Å². The first-order valence-corrected chi connectivity index (χ1v) is 11.9. The van der Waals surface area contributed by atoms with Crippen molar-refractivity contribution < 1.29 is 19.1 Å². The summed E-state index contributed by atoms with van der Waals surface area (Å²) in [5.74, 6) is -0.419. The van der Waals surface area contributed by atoms with Gasteiger partial charge >= 0.3 is 12.0 Å². The molecule has 2 amide bonds. The zero-order valence-corrected chi connectivity index (χ0v) is 19.0. The number of ether oxygens (including phenoxy) is 2. The molecule has 2 aliphatic heterocycles. The first-order valence-electron chi connectivity index (χ1n) is 11.0. The van der Waals surface area contributed by atoms with Crippen LogP contribution in [0.5, 0.6) is 0 Å². The van der Waals surface area contributed by atoms with E-state index in [1.54, 1.807) is 18.3 Å². The molecule has 170 valence electrons. The van der Waals surface area contributed by atoms with E-state index in [2.05, 4.69) is 27.0 Å². The minimum atomic E-state index is -0.565. The van der Waals surface area contributed by atoms with Gasteiger partial charge in [-0.2, -0.15) is 0 Å². The molecule has 32 heavy (non-hydrogen) atoms. The quantitative estimate of drug-likeness (QED) is 0.565. The lowest BCUT2D eigenvalue weighted by atomic mass is 9.95. The Morgan fingerprint density at radius 2 is 2.06 bits per heavy atom. The lowest BCUT2D eigenvalue weighted by Gasteiger charge is -2.32. The van der Waals surface area contributed by atoms with Crippen LogP contribution in [0.3, 0.4) is 0 Å². The van der Waals surface area contributed by atoms with Crippen molar-refractivity contribution in [1.29, 1.82) is 0 Å². The number of amides is 2. The summed E-state index contributed by atoms with van der Waals surface area (Å²) in [4.78, 5) is 29.1. The predicted molar refractivity (Wildman–Crippen MR) is 123 cm³/mol. The largest absolute Gasteiger partial charge is 0.463 e. The second-order valence-electron chi connectivity index (χ2n) is 7.94. The van der Waals surface area contributed by atoms with Crippen molar-refractivity contribution in [2.45, 2.75) is 38.5 Å². The van der Waals surface area contributed by atoms with E-state index in [9.17, 15) is 9.59 Å². The van der Waals surface area contributed by atoms with Crippen LogP contribution in [0.15, 0.2) is 59.1 Å². The third kappa shape index (κ3) is 5.56. The van der Waals surface area contributed by atoms with E-state index in [0.717, 1.165) is 38.1 Å². The molecule has 2 aromatic rings. The molecule has 0 saturated carbocycles. The van der Waals surface area contributed by atoms with Crippen LogP contribution >= 0.6 is 11.3 Å². The minimum Gasteiger partial charge on any atom is -0.463 e. The summed E-state index contributed by atoms with van der Waals surface area (Å²) >= 11 is 1.69. The average Bonchev–Trinajstić information content (AvgIpc) is 3.48. The number of nitrogens with one attached hydrogen (secondary N) is 2. The van der Waals surface area contributed by atoms with Gasteiger partial charge < -0.3 is 20.1 Å². The predicted octanol–water partition coefficient (Wildman–Crippen LogP) is 3.60. The molecule has 0 radical (unpaired) electrons. The Morgan fingerprint density at radius 3 is 2.75 bits per heavy atom. The van der Waals surface area contributed by atoms with E-state index in [4.69, 9.17) is 9.47 Å². The van der Waals surface area contributed by atoms with E-state index < -0.39 is 12.0 Å². The SMILES string of the molecule is CCOC(=O)C1=C(CN(Cc2cccs2)CC2CCCO2)NC(=O)NC1c1ccccc1. The van der Waals surface area contributed by atoms with Crippen LogP contribution < -0.4 is 10.6 Å². The second kappa shape index (κ2) is 10.8. The molecule has 2 unspecified atom stereocenters. The normalized spacial score (nSPS) is 20.9. The Hall–Kier alpha value is -2.68. The second-order valence-corrected chi connectivity index (χ2v) is 8.97. The van der Waals surface area contributed by atoms with Crippen LogP contribution in [-0.4, -0.2) is 49.3 Å². The molecule has 1 aromatic heterocycles. The van der Waals surface area contributed by atoms with Gasteiger partial charge in [-0.15, -0.1) is 11.3 Å². The number of benzene rings is 1. The Morgan fingerprint density at radius 1 is 1.22 bits per heavy atom. The summed E-state index contributed by atoms with van der Waals surface area (Å²) in [5, 5.41) is 7.84. The van der Waals surface area contributed by atoms with Crippen LogP contribution in [0.25, 0.3) is 0 Å². The maximum absolute atomic E-state index is 13.0. The Labute approximate surface area is 192 Å². The molecule has 2 atom stereocenters. The van der Waals surface area contributed by atoms with Gasteiger partial charge in [0.2, 0.25) is 0 Å². The van der Waals surface area contributed by atoms with Gasteiger partial charge in [0, 0.05) is 36.8 Å². The third-order valence-corrected chi connectivity index (χ3v) is 6.47. The fourth-order valence-corrected chi connectivity index (χ4v) is 4.94. The van der Waals surface area contributed by atoms with Gasteiger partial charge in [-0.3, -0.25) is 4.90 Å².